The number of benzene rings is 1. The van der Waals surface area contributed by atoms with Crippen molar-refractivity contribution in [2.45, 2.75) is 11.0 Å². The Balaban J connectivity index is 3.34. The molecule has 0 aliphatic rings. The van der Waals surface area contributed by atoms with Crippen molar-refractivity contribution < 1.29 is 28.5 Å². The first-order valence-corrected chi connectivity index (χ1v) is 7.34. The van der Waals surface area contributed by atoms with Crippen LogP contribution in [0.2, 0.25) is 10.0 Å². The number of hydrogen-bond donors (Lipinski definition) is 3. The highest BCUT2D eigenvalue weighted by Gasteiger charge is 2.25. The molecule has 0 bridgehead atoms. The normalized spacial score (nSPS) is 13.3. The summed E-state index contributed by atoms with van der Waals surface area (Å²) in [5.41, 5.74) is -0.414. The summed E-state index contributed by atoms with van der Waals surface area (Å²) >= 11 is 11.3. The molecule has 1 unspecified atom stereocenters. The number of hydrogen-bond acceptors (Lipinski definition) is 5. The summed E-state index contributed by atoms with van der Waals surface area (Å²) in [6, 6.07) is 1.83. The van der Waals surface area contributed by atoms with Gasteiger partial charge in [-0.25, -0.2) is 13.2 Å². The fourth-order valence-electron chi connectivity index (χ4n) is 1.33. The van der Waals surface area contributed by atoms with Crippen molar-refractivity contribution >= 4 is 39.0 Å². The van der Waals surface area contributed by atoms with E-state index in [4.69, 9.17) is 38.5 Å². The van der Waals surface area contributed by atoms with Crippen LogP contribution in [0, 0.1) is 0 Å². The van der Waals surface area contributed by atoms with Gasteiger partial charge in [0.05, 0.1) is 39.0 Å². The molecule has 9 heteroatoms. The zero-order chi connectivity index (χ0) is 14.8. The van der Waals surface area contributed by atoms with Gasteiger partial charge in [0, 0.05) is 0 Å². The summed E-state index contributed by atoms with van der Waals surface area (Å²) in [5.74, 6) is -2.18. The molecule has 106 valence electrons. The molecular weight excluding hydrogens is 319 g/mol. The van der Waals surface area contributed by atoms with Crippen LogP contribution >= 0.6 is 23.2 Å². The summed E-state index contributed by atoms with van der Waals surface area (Å²) in [6.07, 6.45) is -1.48. The number of rotatable bonds is 5. The Morgan fingerprint density at radius 3 is 2.32 bits per heavy atom. The molecule has 1 rings (SSSR count). The molecular formula is C10H10Cl2O6S. The number of aromatic carboxylic acids is 1. The Bertz CT molecular complexity index is 598. The van der Waals surface area contributed by atoms with Gasteiger partial charge in [0.25, 0.3) is 0 Å². The summed E-state index contributed by atoms with van der Waals surface area (Å²) in [4.78, 5) is 10.4. The van der Waals surface area contributed by atoms with Crippen LogP contribution in [0.1, 0.15) is 10.4 Å². The number of aliphatic hydroxyl groups is 2. The maximum absolute atomic E-state index is 11.9. The van der Waals surface area contributed by atoms with Crippen molar-refractivity contribution in [3.63, 3.8) is 0 Å². The van der Waals surface area contributed by atoms with E-state index in [-0.39, 0.29) is 10.0 Å². The van der Waals surface area contributed by atoms with Gasteiger partial charge in [-0.05, 0) is 12.1 Å². The second kappa shape index (κ2) is 6.06. The van der Waals surface area contributed by atoms with Crippen LogP contribution in [0.25, 0.3) is 0 Å². The molecule has 19 heavy (non-hydrogen) atoms. The van der Waals surface area contributed by atoms with Crippen molar-refractivity contribution in [2.24, 2.45) is 0 Å². The minimum Gasteiger partial charge on any atom is -0.478 e. The number of carbonyl (C=O) groups is 1. The molecule has 6 nitrogen and oxygen atoms in total. The number of aliphatic hydroxyl groups excluding tert-OH is 2. The second-order valence-corrected chi connectivity index (χ2v) is 6.50. The number of halogens is 2. The third-order valence-electron chi connectivity index (χ3n) is 2.21. The van der Waals surface area contributed by atoms with Crippen LogP contribution in [-0.4, -0.2) is 48.2 Å². The van der Waals surface area contributed by atoms with Gasteiger partial charge in [0.15, 0.2) is 9.84 Å². The van der Waals surface area contributed by atoms with Crippen molar-refractivity contribution in [2.75, 3.05) is 12.4 Å². The Kier molecular flexibility index (Phi) is 5.17. The van der Waals surface area contributed by atoms with E-state index >= 15 is 0 Å². The van der Waals surface area contributed by atoms with E-state index in [2.05, 4.69) is 0 Å². The summed E-state index contributed by atoms with van der Waals surface area (Å²) in [6.45, 7) is -0.740. The fourth-order valence-corrected chi connectivity index (χ4v) is 3.59. The third kappa shape index (κ3) is 3.80. The number of carboxylic acid groups (broad SMARTS) is 1. The van der Waals surface area contributed by atoms with Crippen LogP contribution in [0.3, 0.4) is 0 Å². The van der Waals surface area contributed by atoms with Gasteiger partial charge in [-0.2, -0.15) is 0 Å². The summed E-state index contributed by atoms with van der Waals surface area (Å²) < 4.78 is 23.8. The lowest BCUT2D eigenvalue weighted by Crippen LogP contribution is -2.24. The third-order valence-corrected chi connectivity index (χ3v) is 4.78. The van der Waals surface area contributed by atoms with Crippen molar-refractivity contribution in [3.05, 3.63) is 27.7 Å². The van der Waals surface area contributed by atoms with E-state index < -0.39 is 44.7 Å². The molecule has 1 aromatic rings. The molecule has 0 saturated carbocycles. The Morgan fingerprint density at radius 2 is 1.84 bits per heavy atom. The van der Waals surface area contributed by atoms with E-state index in [0.29, 0.717) is 0 Å². The van der Waals surface area contributed by atoms with E-state index in [0.717, 1.165) is 12.1 Å². The van der Waals surface area contributed by atoms with Crippen LogP contribution in [0.15, 0.2) is 17.0 Å². The standard InChI is InChI=1S/C10H10Cl2O6S/c11-7-2-8(12)9(1-6(7)10(15)16)19(17,18)4-5(14)3-13/h1-2,5,13-14H,3-4H2,(H,15,16). The highest BCUT2D eigenvalue weighted by atomic mass is 35.5. The average Bonchev–Trinajstić information content (AvgIpc) is 2.27. The maximum Gasteiger partial charge on any atom is 0.337 e. The molecule has 0 amide bonds. The van der Waals surface area contributed by atoms with Gasteiger partial charge < -0.3 is 15.3 Å². The van der Waals surface area contributed by atoms with Gasteiger partial charge >= 0.3 is 5.97 Å². The van der Waals surface area contributed by atoms with E-state index in [9.17, 15) is 13.2 Å². The first-order valence-electron chi connectivity index (χ1n) is 4.93. The van der Waals surface area contributed by atoms with Crippen molar-refractivity contribution in [1.29, 1.82) is 0 Å². The van der Waals surface area contributed by atoms with Crippen LogP contribution < -0.4 is 0 Å². The molecule has 1 atom stereocenters. The fraction of sp³-hybridized carbons (Fsp3) is 0.300. The molecule has 0 aliphatic carbocycles. The Hall–Kier alpha value is -0.860. The minimum absolute atomic E-state index is 0.195. The van der Waals surface area contributed by atoms with Gasteiger partial charge in [0.1, 0.15) is 0 Å². The van der Waals surface area contributed by atoms with Gasteiger partial charge in [0.2, 0.25) is 0 Å². The van der Waals surface area contributed by atoms with Crippen molar-refractivity contribution in [3.8, 4) is 0 Å². The average molecular weight is 329 g/mol. The lowest BCUT2D eigenvalue weighted by Gasteiger charge is -2.11. The Labute approximate surface area is 119 Å². The van der Waals surface area contributed by atoms with Crippen LogP contribution in [-0.2, 0) is 9.84 Å². The molecule has 1 aromatic carbocycles. The molecule has 0 radical (unpaired) electrons. The van der Waals surface area contributed by atoms with Gasteiger partial charge in [-0.15, -0.1) is 0 Å². The molecule has 3 N–H and O–H groups in total. The molecule has 0 heterocycles. The maximum atomic E-state index is 11.9. The second-order valence-electron chi connectivity index (χ2n) is 3.69. The monoisotopic (exact) mass is 328 g/mol. The minimum atomic E-state index is -4.04. The molecule has 0 aromatic heterocycles. The molecule has 0 fully saturated rings. The quantitative estimate of drug-likeness (QED) is 0.737. The Morgan fingerprint density at radius 1 is 1.26 bits per heavy atom. The molecule has 0 spiro atoms. The predicted molar refractivity (Wildman–Crippen MR) is 68.6 cm³/mol. The van der Waals surface area contributed by atoms with Crippen molar-refractivity contribution in [1.82, 2.24) is 0 Å². The summed E-state index contributed by atoms with van der Waals surface area (Å²) in [7, 11) is -4.04. The predicted octanol–water partition coefficient (Wildman–Crippen LogP) is 0.819. The smallest absolute Gasteiger partial charge is 0.337 e. The van der Waals surface area contributed by atoms with Crippen LogP contribution in [0.5, 0.6) is 0 Å². The lowest BCUT2D eigenvalue weighted by molar-refractivity contribution is 0.0697. The van der Waals surface area contributed by atoms with Crippen LogP contribution in [0.4, 0.5) is 0 Å². The zero-order valence-corrected chi connectivity index (χ0v) is 11.7. The number of carboxylic acids is 1. The zero-order valence-electron chi connectivity index (χ0n) is 9.38. The van der Waals surface area contributed by atoms with Gasteiger partial charge in [-0.1, -0.05) is 23.2 Å². The van der Waals surface area contributed by atoms with E-state index in [1.54, 1.807) is 0 Å². The first kappa shape index (κ1) is 16.2. The lowest BCUT2D eigenvalue weighted by atomic mass is 10.2. The highest BCUT2D eigenvalue weighted by molar-refractivity contribution is 7.91. The first-order chi connectivity index (χ1) is 8.69. The highest BCUT2D eigenvalue weighted by Crippen LogP contribution is 2.29. The largest absolute Gasteiger partial charge is 0.478 e. The topological polar surface area (TPSA) is 112 Å². The SMILES string of the molecule is O=C(O)c1cc(S(=O)(=O)CC(O)CO)c(Cl)cc1Cl. The van der Waals surface area contributed by atoms with Gasteiger partial charge in [-0.3, -0.25) is 0 Å². The molecule has 0 saturated heterocycles. The van der Waals surface area contributed by atoms with E-state index in [1.165, 1.54) is 0 Å². The number of sulfone groups is 1. The van der Waals surface area contributed by atoms with E-state index in [1.807, 2.05) is 0 Å². The summed E-state index contributed by atoms with van der Waals surface area (Å²) in [5, 5.41) is 26.2. The molecule has 0 aliphatic heterocycles.